The van der Waals surface area contributed by atoms with Gasteiger partial charge in [0.15, 0.2) is 0 Å². The summed E-state index contributed by atoms with van der Waals surface area (Å²) in [7, 11) is 0. The van der Waals surface area contributed by atoms with Crippen LogP contribution in [0.2, 0.25) is 0 Å². The van der Waals surface area contributed by atoms with Gasteiger partial charge >= 0.3 is 0 Å². The van der Waals surface area contributed by atoms with E-state index in [1.54, 1.807) is 6.20 Å². The Morgan fingerprint density at radius 2 is 1.83 bits per heavy atom. The van der Waals surface area contributed by atoms with Crippen LogP contribution >= 0.6 is 0 Å². The molecule has 2 aromatic heterocycles. The van der Waals surface area contributed by atoms with Crippen LogP contribution < -0.4 is 9.80 Å². The molecule has 3 heterocycles. The molecule has 1 saturated heterocycles. The van der Waals surface area contributed by atoms with E-state index in [9.17, 15) is 0 Å². The van der Waals surface area contributed by atoms with Gasteiger partial charge in [-0.3, -0.25) is 0 Å². The Morgan fingerprint density at radius 3 is 2.35 bits per heavy atom. The smallest absolute Gasteiger partial charge is 0.128 e. The summed E-state index contributed by atoms with van der Waals surface area (Å²) in [6.45, 7) is 6.19. The Kier molecular flexibility index (Phi) is 4.77. The van der Waals surface area contributed by atoms with E-state index in [0.717, 1.165) is 49.8 Å². The largest absolute Gasteiger partial charge is 0.355 e. The quantitative estimate of drug-likeness (QED) is 0.816. The van der Waals surface area contributed by atoms with Crippen molar-refractivity contribution in [1.82, 2.24) is 9.97 Å². The maximum atomic E-state index is 5.41. The minimum absolute atomic E-state index is 0.591. The van der Waals surface area contributed by atoms with Gasteiger partial charge in [0.1, 0.15) is 11.6 Å². The molecule has 23 heavy (non-hydrogen) atoms. The summed E-state index contributed by atoms with van der Waals surface area (Å²) >= 11 is 0. The van der Waals surface area contributed by atoms with Gasteiger partial charge in [-0.05, 0) is 36.6 Å². The van der Waals surface area contributed by atoms with Gasteiger partial charge < -0.3 is 9.80 Å². The minimum Gasteiger partial charge on any atom is -0.355 e. The molecule has 2 aromatic rings. The first-order valence-electron chi connectivity index (χ1n) is 8.13. The molecule has 1 unspecified atom stereocenters. The van der Waals surface area contributed by atoms with Crippen molar-refractivity contribution in [2.24, 2.45) is 5.92 Å². The molecule has 1 atom stereocenters. The molecule has 0 bridgehead atoms. The third-order valence-electron chi connectivity index (χ3n) is 4.39. The van der Waals surface area contributed by atoms with Gasteiger partial charge in [0.05, 0.1) is 0 Å². The van der Waals surface area contributed by atoms with E-state index in [1.165, 1.54) is 0 Å². The zero-order valence-corrected chi connectivity index (χ0v) is 13.5. The molecule has 1 aliphatic heterocycles. The molecule has 0 saturated carbocycles. The van der Waals surface area contributed by atoms with E-state index in [4.69, 9.17) is 6.42 Å². The normalized spacial score (nSPS) is 18.3. The van der Waals surface area contributed by atoms with Gasteiger partial charge in [-0.25, -0.2) is 9.97 Å². The molecule has 4 nitrogen and oxygen atoms in total. The molecular weight excluding hydrogens is 284 g/mol. The van der Waals surface area contributed by atoms with Crippen LogP contribution in [0.4, 0.5) is 11.6 Å². The van der Waals surface area contributed by atoms with Gasteiger partial charge in [0, 0.05) is 44.1 Å². The van der Waals surface area contributed by atoms with Gasteiger partial charge in [0.2, 0.25) is 0 Å². The molecule has 118 valence electrons. The Labute approximate surface area is 138 Å². The summed E-state index contributed by atoms with van der Waals surface area (Å²) in [5.41, 5.74) is 0.825. The number of pyridine rings is 2. The highest BCUT2D eigenvalue weighted by atomic mass is 15.3. The summed E-state index contributed by atoms with van der Waals surface area (Å²) in [6.07, 6.45) is 10.2. The zero-order valence-electron chi connectivity index (χ0n) is 13.5. The summed E-state index contributed by atoms with van der Waals surface area (Å²) in [5.74, 6) is 5.28. The van der Waals surface area contributed by atoms with Crippen LogP contribution in [0.3, 0.4) is 0 Å². The average Bonchev–Trinajstić information content (AvgIpc) is 2.85. The fraction of sp³-hybridized carbons (Fsp3) is 0.368. The first-order valence-corrected chi connectivity index (χ1v) is 8.13. The molecule has 0 amide bonds. The van der Waals surface area contributed by atoms with Crippen molar-refractivity contribution in [1.29, 1.82) is 0 Å². The number of terminal acetylenes is 1. The van der Waals surface area contributed by atoms with E-state index < -0.39 is 0 Å². The third-order valence-corrected chi connectivity index (χ3v) is 4.39. The molecule has 4 heteroatoms. The van der Waals surface area contributed by atoms with Crippen molar-refractivity contribution in [3.8, 4) is 12.3 Å². The predicted molar refractivity (Wildman–Crippen MR) is 94.6 cm³/mol. The summed E-state index contributed by atoms with van der Waals surface area (Å²) in [4.78, 5) is 13.8. The van der Waals surface area contributed by atoms with Crippen LogP contribution in [0.15, 0.2) is 42.7 Å². The standard InChI is InChI=1S/C19H22N4/c1-3-16-8-9-19(21-13-16)23-12-11-22(14-17(4-2)15-23)18-7-5-6-10-20-18/h1,5-10,13,17H,4,11-12,14-15H2,2H3. The van der Waals surface area contributed by atoms with Gasteiger partial charge in [-0.15, -0.1) is 6.42 Å². The van der Waals surface area contributed by atoms with Crippen molar-refractivity contribution in [2.75, 3.05) is 36.0 Å². The van der Waals surface area contributed by atoms with Crippen LogP contribution in [0.5, 0.6) is 0 Å². The number of hydrogen-bond acceptors (Lipinski definition) is 4. The number of hydrogen-bond donors (Lipinski definition) is 0. The summed E-state index contributed by atoms with van der Waals surface area (Å²) < 4.78 is 0. The lowest BCUT2D eigenvalue weighted by Gasteiger charge is -2.24. The minimum atomic E-state index is 0.591. The zero-order chi connectivity index (χ0) is 16.1. The highest BCUT2D eigenvalue weighted by Gasteiger charge is 2.23. The Balaban J connectivity index is 1.78. The predicted octanol–water partition coefficient (Wildman–Crippen LogP) is 2.81. The van der Waals surface area contributed by atoms with E-state index in [-0.39, 0.29) is 0 Å². The number of nitrogens with zero attached hydrogens (tertiary/aromatic N) is 4. The van der Waals surface area contributed by atoms with E-state index in [0.29, 0.717) is 5.92 Å². The number of anilines is 2. The topological polar surface area (TPSA) is 32.3 Å². The van der Waals surface area contributed by atoms with Gasteiger partial charge in [-0.2, -0.15) is 0 Å². The number of aromatic nitrogens is 2. The second kappa shape index (κ2) is 7.15. The SMILES string of the molecule is C#Cc1ccc(N2CCN(c3ccccn3)CC(CC)C2)nc1. The first kappa shape index (κ1) is 15.4. The monoisotopic (exact) mass is 306 g/mol. The van der Waals surface area contributed by atoms with E-state index in [1.807, 2.05) is 30.5 Å². The molecular formula is C19H22N4. The van der Waals surface area contributed by atoms with Crippen molar-refractivity contribution in [2.45, 2.75) is 13.3 Å². The van der Waals surface area contributed by atoms with Crippen molar-refractivity contribution in [3.63, 3.8) is 0 Å². The highest BCUT2D eigenvalue weighted by Crippen LogP contribution is 2.21. The van der Waals surface area contributed by atoms with Crippen LogP contribution in [0.1, 0.15) is 18.9 Å². The van der Waals surface area contributed by atoms with Crippen LogP contribution in [-0.4, -0.2) is 36.1 Å². The second-order valence-corrected chi connectivity index (χ2v) is 5.90. The Morgan fingerprint density at radius 1 is 1.09 bits per heavy atom. The first-order chi connectivity index (χ1) is 11.3. The molecule has 1 fully saturated rings. The molecule has 0 spiro atoms. The lowest BCUT2D eigenvalue weighted by molar-refractivity contribution is 0.522. The van der Waals surface area contributed by atoms with Crippen LogP contribution in [0.25, 0.3) is 0 Å². The fourth-order valence-corrected chi connectivity index (χ4v) is 2.98. The molecule has 0 radical (unpaired) electrons. The average molecular weight is 306 g/mol. The summed E-state index contributed by atoms with van der Waals surface area (Å²) in [5, 5.41) is 0. The Bertz CT molecular complexity index is 660. The van der Waals surface area contributed by atoms with E-state index in [2.05, 4.69) is 38.7 Å². The van der Waals surface area contributed by atoms with Crippen molar-refractivity contribution < 1.29 is 0 Å². The molecule has 0 aliphatic carbocycles. The maximum Gasteiger partial charge on any atom is 0.128 e. The third kappa shape index (κ3) is 3.62. The van der Waals surface area contributed by atoms with Crippen molar-refractivity contribution in [3.05, 3.63) is 48.3 Å². The number of rotatable bonds is 3. The highest BCUT2D eigenvalue weighted by molar-refractivity contribution is 5.45. The van der Waals surface area contributed by atoms with Crippen LogP contribution in [0, 0.1) is 18.3 Å². The molecule has 1 aliphatic rings. The van der Waals surface area contributed by atoms with Crippen molar-refractivity contribution >= 4 is 11.6 Å². The molecule has 0 aromatic carbocycles. The molecule has 3 rings (SSSR count). The van der Waals surface area contributed by atoms with Gasteiger partial charge in [-0.1, -0.05) is 18.9 Å². The van der Waals surface area contributed by atoms with E-state index >= 15 is 0 Å². The lowest BCUT2D eigenvalue weighted by atomic mass is 10.1. The second-order valence-electron chi connectivity index (χ2n) is 5.90. The van der Waals surface area contributed by atoms with Gasteiger partial charge in [0.25, 0.3) is 0 Å². The summed E-state index contributed by atoms with van der Waals surface area (Å²) in [6, 6.07) is 10.1. The van der Waals surface area contributed by atoms with Crippen LogP contribution in [-0.2, 0) is 0 Å². The molecule has 0 N–H and O–H groups in total. The fourth-order valence-electron chi connectivity index (χ4n) is 2.98. The Hall–Kier alpha value is -2.54. The lowest BCUT2D eigenvalue weighted by Crippen LogP contribution is -2.31. The maximum absolute atomic E-state index is 5.41.